The molecule has 0 spiro atoms. The maximum atomic E-state index is 11.6. The monoisotopic (exact) mass is 341 g/mol. The first kappa shape index (κ1) is 13.9. The van der Waals surface area contributed by atoms with Crippen LogP contribution in [0.5, 0.6) is 5.75 Å². The van der Waals surface area contributed by atoms with E-state index in [0.29, 0.717) is 16.3 Å². The number of nitrogens with two attached hydrogens (primary N) is 1. The van der Waals surface area contributed by atoms with E-state index in [4.69, 9.17) is 15.2 Å². The first-order valence-electron chi connectivity index (χ1n) is 5.38. The molecule has 1 aromatic carbocycles. The van der Waals surface area contributed by atoms with Gasteiger partial charge in [-0.05, 0) is 24.3 Å². The van der Waals surface area contributed by atoms with E-state index >= 15 is 0 Å². The number of methoxy groups -OCH3 is 2. The number of esters is 1. The predicted molar refractivity (Wildman–Crippen MR) is 79.8 cm³/mol. The third-order valence-electron chi connectivity index (χ3n) is 2.56. The van der Waals surface area contributed by atoms with E-state index in [1.165, 1.54) is 18.4 Å². The lowest BCUT2D eigenvalue weighted by Gasteiger charge is -2.06. The summed E-state index contributed by atoms with van der Waals surface area (Å²) >= 11 is 4.67. The summed E-state index contributed by atoms with van der Waals surface area (Å²) < 4.78 is 11.0. The molecule has 0 aliphatic carbocycles. The Morgan fingerprint density at radius 2 is 2.05 bits per heavy atom. The highest BCUT2D eigenvalue weighted by atomic mass is 79.9. The predicted octanol–water partition coefficient (Wildman–Crippen LogP) is 3.56. The van der Waals surface area contributed by atoms with Gasteiger partial charge in [0.05, 0.1) is 19.9 Å². The number of rotatable bonds is 3. The van der Waals surface area contributed by atoms with Crippen LogP contribution in [0.25, 0.3) is 10.4 Å². The summed E-state index contributed by atoms with van der Waals surface area (Å²) in [7, 11) is 2.94. The van der Waals surface area contributed by atoms with Gasteiger partial charge < -0.3 is 15.2 Å². The molecule has 0 unspecified atom stereocenters. The van der Waals surface area contributed by atoms with Gasteiger partial charge in [-0.15, -0.1) is 11.3 Å². The molecule has 0 fully saturated rings. The summed E-state index contributed by atoms with van der Waals surface area (Å²) in [6.07, 6.45) is 0. The fraction of sp³-hybridized carbons (Fsp3) is 0.154. The Kier molecular flexibility index (Phi) is 4.11. The van der Waals surface area contributed by atoms with Gasteiger partial charge >= 0.3 is 5.97 Å². The lowest BCUT2D eigenvalue weighted by Crippen LogP contribution is -2.00. The van der Waals surface area contributed by atoms with Crippen LogP contribution in [0.3, 0.4) is 0 Å². The number of hydrogen-bond donors (Lipinski definition) is 1. The van der Waals surface area contributed by atoms with Crippen LogP contribution in [0.1, 0.15) is 9.67 Å². The zero-order chi connectivity index (χ0) is 14.0. The number of carbonyl (C=O) groups excluding carboxylic acids is 1. The molecule has 0 saturated carbocycles. The van der Waals surface area contributed by atoms with Crippen LogP contribution in [-0.4, -0.2) is 20.2 Å². The van der Waals surface area contributed by atoms with E-state index in [1.807, 2.05) is 18.2 Å². The summed E-state index contributed by atoms with van der Waals surface area (Å²) in [4.78, 5) is 12.8. The second kappa shape index (κ2) is 5.63. The number of nitrogen functional groups attached to an aromatic ring is 1. The van der Waals surface area contributed by atoms with E-state index in [0.717, 1.165) is 14.9 Å². The molecule has 0 saturated heterocycles. The fourth-order valence-electron chi connectivity index (χ4n) is 1.66. The number of anilines is 1. The third kappa shape index (κ3) is 2.74. The molecule has 2 aromatic rings. The Morgan fingerprint density at radius 3 is 2.68 bits per heavy atom. The minimum Gasteiger partial charge on any atom is -0.496 e. The largest absolute Gasteiger partial charge is 0.496 e. The molecule has 1 heterocycles. The summed E-state index contributed by atoms with van der Waals surface area (Å²) in [5.41, 5.74) is 7.14. The molecule has 4 nitrogen and oxygen atoms in total. The Morgan fingerprint density at radius 1 is 1.32 bits per heavy atom. The van der Waals surface area contributed by atoms with Crippen molar-refractivity contribution in [1.82, 2.24) is 0 Å². The quantitative estimate of drug-likeness (QED) is 0.867. The van der Waals surface area contributed by atoms with Gasteiger partial charge in [-0.3, -0.25) is 0 Å². The maximum absolute atomic E-state index is 11.6. The number of benzene rings is 1. The Balaban J connectivity index is 2.51. The van der Waals surface area contributed by atoms with E-state index in [-0.39, 0.29) is 0 Å². The summed E-state index contributed by atoms with van der Waals surface area (Å²) in [5.74, 6) is 0.289. The van der Waals surface area contributed by atoms with Gasteiger partial charge in [0.2, 0.25) is 0 Å². The number of ether oxygens (including phenoxy) is 2. The highest BCUT2D eigenvalue weighted by molar-refractivity contribution is 9.10. The highest BCUT2D eigenvalue weighted by Crippen LogP contribution is 2.39. The zero-order valence-electron chi connectivity index (χ0n) is 10.4. The van der Waals surface area contributed by atoms with Crippen LogP contribution in [0.2, 0.25) is 0 Å². The van der Waals surface area contributed by atoms with Crippen LogP contribution >= 0.6 is 27.3 Å². The second-order valence-corrected chi connectivity index (χ2v) is 5.70. The van der Waals surface area contributed by atoms with Crippen LogP contribution in [-0.2, 0) is 4.74 Å². The Bertz CT molecular complexity index is 624. The van der Waals surface area contributed by atoms with Crippen molar-refractivity contribution < 1.29 is 14.3 Å². The van der Waals surface area contributed by atoms with Crippen molar-refractivity contribution in [3.05, 3.63) is 33.6 Å². The molecule has 0 bridgehead atoms. The van der Waals surface area contributed by atoms with E-state index < -0.39 is 5.97 Å². The molecule has 2 rings (SSSR count). The maximum Gasteiger partial charge on any atom is 0.350 e. The van der Waals surface area contributed by atoms with Crippen molar-refractivity contribution in [3.8, 4) is 16.2 Å². The van der Waals surface area contributed by atoms with Crippen molar-refractivity contribution in [1.29, 1.82) is 0 Å². The van der Waals surface area contributed by atoms with Crippen LogP contribution in [0.15, 0.2) is 28.7 Å². The second-order valence-electron chi connectivity index (χ2n) is 3.73. The van der Waals surface area contributed by atoms with Crippen LogP contribution in [0, 0.1) is 0 Å². The van der Waals surface area contributed by atoms with Crippen molar-refractivity contribution in [2.24, 2.45) is 0 Å². The zero-order valence-corrected chi connectivity index (χ0v) is 12.8. The average Bonchev–Trinajstić information content (AvgIpc) is 2.79. The molecule has 0 aliphatic rings. The van der Waals surface area contributed by atoms with Crippen molar-refractivity contribution in [3.63, 3.8) is 0 Å². The van der Waals surface area contributed by atoms with E-state index in [2.05, 4.69) is 15.9 Å². The molecule has 0 aliphatic heterocycles. The van der Waals surface area contributed by atoms with Crippen molar-refractivity contribution in [2.45, 2.75) is 0 Å². The van der Waals surface area contributed by atoms with E-state index in [1.54, 1.807) is 13.2 Å². The fourth-order valence-corrected chi connectivity index (χ4v) is 3.03. The molecule has 0 radical (unpaired) electrons. The molecule has 0 amide bonds. The normalized spacial score (nSPS) is 10.3. The summed E-state index contributed by atoms with van der Waals surface area (Å²) in [6, 6.07) is 7.44. The molecular weight excluding hydrogens is 330 g/mol. The molecular formula is C13H12BrNO3S. The summed E-state index contributed by atoms with van der Waals surface area (Å²) in [5, 5.41) is 0. The topological polar surface area (TPSA) is 61.5 Å². The molecule has 0 atom stereocenters. The van der Waals surface area contributed by atoms with Gasteiger partial charge in [-0.25, -0.2) is 4.79 Å². The minimum atomic E-state index is -0.426. The van der Waals surface area contributed by atoms with E-state index in [9.17, 15) is 4.79 Å². The molecule has 1 aromatic heterocycles. The van der Waals surface area contributed by atoms with Gasteiger partial charge in [-0.1, -0.05) is 15.9 Å². The molecule has 6 heteroatoms. The minimum absolute atomic E-state index is 0.405. The Labute approximate surface area is 123 Å². The smallest absolute Gasteiger partial charge is 0.350 e. The third-order valence-corrected chi connectivity index (χ3v) is 4.22. The molecule has 19 heavy (non-hydrogen) atoms. The van der Waals surface area contributed by atoms with Gasteiger partial charge in [0, 0.05) is 14.9 Å². The summed E-state index contributed by atoms with van der Waals surface area (Å²) in [6.45, 7) is 0. The Hall–Kier alpha value is -1.53. The van der Waals surface area contributed by atoms with Gasteiger partial charge in [-0.2, -0.15) is 0 Å². The first-order valence-corrected chi connectivity index (χ1v) is 6.99. The van der Waals surface area contributed by atoms with Gasteiger partial charge in [0.1, 0.15) is 10.6 Å². The van der Waals surface area contributed by atoms with Crippen LogP contribution < -0.4 is 10.5 Å². The number of carbonyl (C=O) groups is 1. The number of halogens is 1. The lowest BCUT2D eigenvalue weighted by atomic mass is 10.1. The SMILES string of the molecule is COC(=O)c1sc(-c2ccc(Br)cc2OC)cc1N. The van der Waals surface area contributed by atoms with Crippen molar-refractivity contribution >= 4 is 38.9 Å². The first-order chi connectivity index (χ1) is 9.06. The highest BCUT2D eigenvalue weighted by Gasteiger charge is 2.17. The number of thiophene rings is 1. The van der Waals surface area contributed by atoms with Crippen molar-refractivity contribution in [2.75, 3.05) is 20.0 Å². The number of hydrogen-bond acceptors (Lipinski definition) is 5. The standard InChI is InChI=1S/C13H12BrNO3S/c1-17-10-5-7(14)3-4-8(10)11-6-9(15)12(19-11)13(16)18-2/h3-6H,15H2,1-2H3. The van der Waals surface area contributed by atoms with Gasteiger partial charge in [0.15, 0.2) is 0 Å². The van der Waals surface area contributed by atoms with Crippen LogP contribution in [0.4, 0.5) is 5.69 Å². The van der Waals surface area contributed by atoms with Gasteiger partial charge in [0.25, 0.3) is 0 Å². The average molecular weight is 342 g/mol. The molecule has 100 valence electrons. The molecule has 2 N–H and O–H groups in total. The lowest BCUT2D eigenvalue weighted by molar-refractivity contribution is 0.0607.